The van der Waals surface area contributed by atoms with Gasteiger partial charge in [-0.1, -0.05) is 56.1 Å². The van der Waals surface area contributed by atoms with E-state index < -0.39 is 0 Å². The molecule has 19 heavy (non-hydrogen) atoms. The van der Waals surface area contributed by atoms with Crippen LogP contribution in [0.25, 0.3) is 0 Å². The lowest BCUT2D eigenvalue weighted by molar-refractivity contribution is 0.0327. The number of benzene rings is 1. The molecule has 0 aliphatic rings. The SMILES string of the molecule is CCCNC(c1cccc(Cl)c1Cl)C(OC)C(C)C. The second-order valence-corrected chi connectivity index (χ2v) is 5.80. The van der Waals surface area contributed by atoms with Crippen molar-refractivity contribution in [1.82, 2.24) is 5.32 Å². The summed E-state index contributed by atoms with van der Waals surface area (Å²) in [6.07, 6.45) is 1.12. The standard InChI is InChI=1S/C15H23Cl2NO/c1-5-9-18-14(15(19-4)10(2)3)11-7-6-8-12(16)13(11)17/h6-8,10,14-15,18H,5,9H2,1-4H3. The summed E-state index contributed by atoms with van der Waals surface area (Å²) in [6, 6.07) is 5.80. The van der Waals surface area contributed by atoms with E-state index in [0.717, 1.165) is 18.5 Å². The van der Waals surface area contributed by atoms with E-state index in [1.165, 1.54) is 0 Å². The molecule has 0 saturated heterocycles. The van der Waals surface area contributed by atoms with E-state index in [9.17, 15) is 0 Å². The quantitative estimate of drug-likeness (QED) is 0.788. The van der Waals surface area contributed by atoms with Crippen molar-refractivity contribution in [3.8, 4) is 0 Å². The fourth-order valence-corrected chi connectivity index (χ4v) is 2.68. The Hall–Kier alpha value is -0.280. The van der Waals surface area contributed by atoms with Gasteiger partial charge in [-0.25, -0.2) is 0 Å². The van der Waals surface area contributed by atoms with Crippen LogP contribution in [0.5, 0.6) is 0 Å². The fraction of sp³-hybridized carbons (Fsp3) is 0.600. The van der Waals surface area contributed by atoms with Crippen molar-refractivity contribution >= 4 is 23.2 Å². The lowest BCUT2D eigenvalue weighted by atomic mass is 9.93. The third-order valence-electron chi connectivity index (χ3n) is 3.19. The number of hydrogen-bond donors (Lipinski definition) is 1. The third-order valence-corrected chi connectivity index (χ3v) is 4.02. The Kier molecular flexibility index (Phi) is 7.16. The summed E-state index contributed by atoms with van der Waals surface area (Å²) in [7, 11) is 1.74. The van der Waals surface area contributed by atoms with E-state index in [1.807, 2.05) is 12.1 Å². The first-order chi connectivity index (χ1) is 9.02. The summed E-state index contributed by atoms with van der Waals surface area (Å²) < 4.78 is 5.66. The Morgan fingerprint density at radius 3 is 2.47 bits per heavy atom. The van der Waals surface area contributed by atoms with E-state index in [2.05, 4.69) is 26.1 Å². The van der Waals surface area contributed by atoms with Crippen LogP contribution in [0.4, 0.5) is 0 Å². The maximum Gasteiger partial charge on any atom is 0.0789 e. The summed E-state index contributed by atoms with van der Waals surface area (Å²) in [6.45, 7) is 7.35. The highest BCUT2D eigenvalue weighted by molar-refractivity contribution is 6.42. The number of hydrogen-bond acceptors (Lipinski definition) is 2. The molecule has 108 valence electrons. The number of nitrogens with one attached hydrogen (secondary N) is 1. The Bertz CT molecular complexity index is 396. The second-order valence-electron chi connectivity index (χ2n) is 5.02. The molecule has 1 rings (SSSR count). The molecule has 0 radical (unpaired) electrons. The minimum Gasteiger partial charge on any atom is -0.379 e. The van der Waals surface area contributed by atoms with Crippen molar-refractivity contribution in [3.63, 3.8) is 0 Å². The fourth-order valence-electron chi connectivity index (χ4n) is 2.26. The summed E-state index contributed by atoms with van der Waals surface area (Å²) in [4.78, 5) is 0. The van der Waals surface area contributed by atoms with Crippen LogP contribution in [0, 0.1) is 5.92 Å². The van der Waals surface area contributed by atoms with Crippen molar-refractivity contribution in [2.45, 2.75) is 39.3 Å². The molecule has 0 bridgehead atoms. The van der Waals surface area contributed by atoms with Gasteiger partial charge in [0.2, 0.25) is 0 Å². The largest absolute Gasteiger partial charge is 0.379 e. The average Bonchev–Trinajstić information content (AvgIpc) is 2.37. The van der Waals surface area contributed by atoms with Gasteiger partial charge in [0, 0.05) is 7.11 Å². The van der Waals surface area contributed by atoms with Gasteiger partial charge in [0.25, 0.3) is 0 Å². The number of methoxy groups -OCH3 is 1. The normalized spacial score (nSPS) is 14.7. The number of halogens is 2. The topological polar surface area (TPSA) is 21.3 Å². The molecule has 0 aromatic heterocycles. The van der Waals surface area contributed by atoms with Crippen LogP contribution >= 0.6 is 23.2 Å². The van der Waals surface area contributed by atoms with Gasteiger partial charge in [0.15, 0.2) is 0 Å². The lowest BCUT2D eigenvalue weighted by Crippen LogP contribution is -2.37. The smallest absolute Gasteiger partial charge is 0.0789 e. The first kappa shape index (κ1) is 16.8. The molecule has 0 aliphatic heterocycles. The molecule has 2 nitrogen and oxygen atoms in total. The molecule has 0 fully saturated rings. The van der Waals surface area contributed by atoms with Crippen LogP contribution in [-0.2, 0) is 4.74 Å². The molecule has 0 aliphatic carbocycles. The first-order valence-corrected chi connectivity index (χ1v) is 7.48. The molecule has 1 aromatic rings. The lowest BCUT2D eigenvalue weighted by Gasteiger charge is -2.31. The van der Waals surface area contributed by atoms with E-state index in [-0.39, 0.29) is 12.1 Å². The molecule has 1 aromatic carbocycles. The summed E-state index contributed by atoms with van der Waals surface area (Å²) in [5.41, 5.74) is 1.00. The predicted molar refractivity (Wildman–Crippen MR) is 83.1 cm³/mol. The minimum absolute atomic E-state index is 0.0520. The first-order valence-electron chi connectivity index (χ1n) is 6.73. The minimum atomic E-state index is 0.0520. The van der Waals surface area contributed by atoms with E-state index >= 15 is 0 Å². The van der Waals surface area contributed by atoms with Crippen LogP contribution in [0.3, 0.4) is 0 Å². The van der Waals surface area contributed by atoms with Crippen molar-refractivity contribution in [1.29, 1.82) is 0 Å². The van der Waals surface area contributed by atoms with Crippen LogP contribution < -0.4 is 5.32 Å². The molecule has 2 unspecified atom stereocenters. The van der Waals surface area contributed by atoms with Crippen molar-refractivity contribution in [2.24, 2.45) is 5.92 Å². The van der Waals surface area contributed by atoms with Crippen LogP contribution in [0.1, 0.15) is 38.8 Å². The number of ether oxygens (including phenoxy) is 1. The van der Waals surface area contributed by atoms with E-state index in [4.69, 9.17) is 27.9 Å². The molecule has 0 saturated carbocycles. The Morgan fingerprint density at radius 1 is 1.26 bits per heavy atom. The van der Waals surface area contributed by atoms with Gasteiger partial charge in [-0.15, -0.1) is 0 Å². The number of rotatable bonds is 7. The molecule has 2 atom stereocenters. The Morgan fingerprint density at radius 2 is 1.95 bits per heavy atom. The molecular weight excluding hydrogens is 281 g/mol. The van der Waals surface area contributed by atoms with Crippen molar-refractivity contribution in [2.75, 3.05) is 13.7 Å². The van der Waals surface area contributed by atoms with E-state index in [0.29, 0.717) is 16.0 Å². The van der Waals surface area contributed by atoms with Crippen LogP contribution in [0.15, 0.2) is 18.2 Å². The van der Waals surface area contributed by atoms with Crippen molar-refractivity contribution < 1.29 is 4.74 Å². The third kappa shape index (κ3) is 4.35. The van der Waals surface area contributed by atoms with Gasteiger partial charge in [0.05, 0.1) is 22.2 Å². The summed E-state index contributed by atoms with van der Waals surface area (Å²) in [5.74, 6) is 0.384. The maximum atomic E-state index is 6.35. The average molecular weight is 304 g/mol. The Balaban J connectivity index is 3.11. The van der Waals surface area contributed by atoms with Gasteiger partial charge >= 0.3 is 0 Å². The molecular formula is C15H23Cl2NO. The highest BCUT2D eigenvalue weighted by Crippen LogP contribution is 2.33. The van der Waals surface area contributed by atoms with Crippen molar-refractivity contribution in [3.05, 3.63) is 33.8 Å². The summed E-state index contributed by atoms with van der Waals surface area (Å²) in [5, 5.41) is 4.71. The van der Waals surface area contributed by atoms with Gasteiger partial charge < -0.3 is 10.1 Å². The van der Waals surface area contributed by atoms with Crippen LogP contribution in [-0.4, -0.2) is 19.8 Å². The zero-order chi connectivity index (χ0) is 14.4. The van der Waals surface area contributed by atoms with Gasteiger partial charge in [-0.2, -0.15) is 0 Å². The van der Waals surface area contributed by atoms with Crippen LogP contribution in [0.2, 0.25) is 10.0 Å². The highest BCUT2D eigenvalue weighted by Gasteiger charge is 2.27. The van der Waals surface area contributed by atoms with Gasteiger partial charge in [-0.05, 0) is 30.5 Å². The highest BCUT2D eigenvalue weighted by atomic mass is 35.5. The predicted octanol–water partition coefficient (Wildman–Crippen LogP) is 4.71. The van der Waals surface area contributed by atoms with E-state index in [1.54, 1.807) is 13.2 Å². The molecule has 1 N–H and O–H groups in total. The molecule has 4 heteroatoms. The summed E-state index contributed by atoms with van der Waals surface area (Å²) >= 11 is 12.5. The zero-order valence-electron chi connectivity index (χ0n) is 12.0. The molecule has 0 spiro atoms. The maximum absolute atomic E-state index is 6.35. The van der Waals surface area contributed by atoms with Gasteiger partial charge in [-0.3, -0.25) is 0 Å². The zero-order valence-corrected chi connectivity index (χ0v) is 13.6. The monoisotopic (exact) mass is 303 g/mol. The molecule has 0 amide bonds. The Labute approximate surface area is 126 Å². The van der Waals surface area contributed by atoms with Gasteiger partial charge in [0.1, 0.15) is 0 Å². The second kappa shape index (κ2) is 8.11. The molecule has 0 heterocycles.